The van der Waals surface area contributed by atoms with Crippen LogP contribution in [0.25, 0.3) is 0 Å². The Bertz CT molecular complexity index is 830. The van der Waals surface area contributed by atoms with Crippen molar-refractivity contribution in [1.82, 2.24) is 0 Å². The highest BCUT2D eigenvalue weighted by Crippen LogP contribution is 2.26. The van der Waals surface area contributed by atoms with Crippen molar-refractivity contribution in [1.29, 1.82) is 0 Å². The first kappa shape index (κ1) is 21.5. The molecule has 0 aliphatic carbocycles. The highest BCUT2D eigenvalue weighted by Gasteiger charge is 2.37. The molecule has 28 heavy (non-hydrogen) atoms. The molecule has 0 saturated heterocycles. The lowest BCUT2D eigenvalue weighted by Gasteiger charge is -2.14. The molecule has 0 amide bonds. The molecule has 3 nitrogen and oxygen atoms in total. The number of alkyl halides is 3. The van der Waals surface area contributed by atoms with Crippen LogP contribution in [0.15, 0.2) is 53.7 Å². The quantitative estimate of drug-likeness (QED) is 0.341. The number of rotatable bonds is 7. The summed E-state index contributed by atoms with van der Waals surface area (Å²) in [6.07, 6.45) is -0.0924. The third-order valence-corrected chi connectivity index (χ3v) is 4.31. The fourth-order valence-corrected chi connectivity index (χ4v) is 2.90. The summed E-state index contributed by atoms with van der Waals surface area (Å²) in [5.74, 6) is 0.804. The van der Waals surface area contributed by atoms with Crippen molar-refractivity contribution in [3.8, 4) is 5.75 Å². The third kappa shape index (κ3) is 5.62. The lowest BCUT2D eigenvalue weighted by atomic mass is 9.95. The van der Waals surface area contributed by atoms with Crippen LogP contribution in [0.4, 0.5) is 13.2 Å². The molecule has 2 rings (SSSR count). The smallest absolute Gasteiger partial charge is 0.437 e. The second kappa shape index (κ2) is 9.44. The number of nitrogens with zero attached hydrogens (tertiary/aromatic N) is 1. The number of halogens is 3. The van der Waals surface area contributed by atoms with E-state index < -0.39 is 11.9 Å². The van der Waals surface area contributed by atoms with Crippen LogP contribution in [0.2, 0.25) is 0 Å². The average molecular weight is 391 g/mol. The highest BCUT2D eigenvalue weighted by atomic mass is 19.4. The van der Waals surface area contributed by atoms with Crippen LogP contribution in [0.3, 0.4) is 0 Å². The van der Waals surface area contributed by atoms with Gasteiger partial charge in [0, 0.05) is 5.56 Å². The zero-order chi connectivity index (χ0) is 20.7. The topological polar surface area (TPSA) is 30.8 Å². The number of benzene rings is 2. The molecular weight excluding hydrogens is 367 g/mol. The summed E-state index contributed by atoms with van der Waals surface area (Å²) in [6.45, 7) is 6.46. The molecule has 0 bridgehead atoms. The van der Waals surface area contributed by atoms with Gasteiger partial charge >= 0.3 is 6.18 Å². The van der Waals surface area contributed by atoms with E-state index in [1.54, 1.807) is 12.1 Å². The van der Waals surface area contributed by atoms with Crippen LogP contribution in [0.5, 0.6) is 5.75 Å². The third-order valence-electron chi connectivity index (χ3n) is 4.31. The second-order valence-electron chi connectivity index (χ2n) is 6.41. The summed E-state index contributed by atoms with van der Waals surface area (Å²) in [5.41, 5.74) is 3.13. The molecule has 0 aromatic heterocycles. The molecule has 0 atom stereocenters. The zero-order valence-corrected chi connectivity index (χ0v) is 16.4. The molecule has 0 heterocycles. The molecule has 0 radical (unpaired) electrons. The molecule has 2 aromatic rings. The van der Waals surface area contributed by atoms with Crippen LogP contribution < -0.4 is 4.74 Å². The molecule has 0 aliphatic rings. The minimum atomic E-state index is -4.58. The van der Waals surface area contributed by atoms with Gasteiger partial charge in [-0.05, 0) is 61.6 Å². The summed E-state index contributed by atoms with van der Waals surface area (Å²) in [5, 5.41) is 3.12. The van der Waals surface area contributed by atoms with Crippen molar-refractivity contribution in [2.75, 3.05) is 13.7 Å². The molecule has 0 N–H and O–H groups in total. The minimum Gasteiger partial charge on any atom is -0.490 e. The van der Waals surface area contributed by atoms with E-state index in [9.17, 15) is 13.2 Å². The molecule has 0 spiro atoms. The molecule has 0 fully saturated rings. The SMILES string of the molecule is C/C=C/COc1cc(C)c(Cc2ccc(/C(=N\OC)C(F)(F)F)cc2)c(C)c1. The van der Waals surface area contributed by atoms with Crippen molar-refractivity contribution < 1.29 is 22.7 Å². The Labute approximate surface area is 163 Å². The van der Waals surface area contributed by atoms with E-state index in [4.69, 9.17) is 4.74 Å². The maximum absolute atomic E-state index is 13.1. The van der Waals surface area contributed by atoms with E-state index >= 15 is 0 Å². The number of oxime groups is 1. The van der Waals surface area contributed by atoms with E-state index in [0.29, 0.717) is 13.0 Å². The van der Waals surface area contributed by atoms with E-state index in [2.05, 4.69) is 9.99 Å². The second-order valence-corrected chi connectivity index (χ2v) is 6.41. The molecule has 0 saturated carbocycles. The molecule has 6 heteroatoms. The van der Waals surface area contributed by atoms with Gasteiger partial charge in [0.15, 0.2) is 5.71 Å². The Morgan fingerprint density at radius 2 is 1.68 bits per heavy atom. The van der Waals surface area contributed by atoms with Gasteiger partial charge in [-0.2, -0.15) is 13.2 Å². The first-order valence-electron chi connectivity index (χ1n) is 8.88. The molecule has 2 aromatic carbocycles. The number of aryl methyl sites for hydroxylation is 2. The van der Waals surface area contributed by atoms with E-state index in [1.165, 1.54) is 12.1 Å². The Balaban J connectivity index is 2.21. The molecule has 150 valence electrons. The predicted octanol–water partition coefficient (Wildman–Crippen LogP) is 5.76. The van der Waals surface area contributed by atoms with Crippen molar-refractivity contribution in [3.05, 3.63) is 76.4 Å². The van der Waals surface area contributed by atoms with Crippen molar-refractivity contribution >= 4 is 5.71 Å². The van der Waals surface area contributed by atoms with Gasteiger partial charge in [0.1, 0.15) is 19.5 Å². The summed E-state index contributed by atoms with van der Waals surface area (Å²) in [4.78, 5) is 4.34. The predicted molar refractivity (Wildman–Crippen MR) is 105 cm³/mol. The Kier molecular flexibility index (Phi) is 7.26. The first-order chi connectivity index (χ1) is 13.3. The minimum absolute atomic E-state index is 0.0285. The van der Waals surface area contributed by atoms with Gasteiger partial charge in [-0.1, -0.05) is 41.6 Å². The van der Waals surface area contributed by atoms with Crippen molar-refractivity contribution in [3.63, 3.8) is 0 Å². The van der Waals surface area contributed by atoms with Gasteiger partial charge < -0.3 is 9.57 Å². The maximum Gasteiger partial charge on any atom is 0.437 e. The van der Waals surface area contributed by atoms with E-state index in [0.717, 1.165) is 35.1 Å². The average Bonchev–Trinajstić information content (AvgIpc) is 2.63. The standard InChI is InChI=1S/C22H24F3NO2/c1-5-6-11-28-19-12-15(2)20(16(3)13-19)14-17-7-9-18(10-8-17)21(26-27-4)22(23,24)25/h5-10,12-13H,11,14H2,1-4H3/b6-5+,26-21+. The molecule has 0 aliphatic heterocycles. The molecule has 0 unspecified atom stereocenters. The highest BCUT2D eigenvalue weighted by molar-refractivity contribution is 6.04. The summed E-state index contributed by atoms with van der Waals surface area (Å²) in [7, 11) is 1.09. The monoisotopic (exact) mass is 391 g/mol. The van der Waals surface area contributed by atoms with Gasteiger partial charge in [-0.25, -0.2) is 0 Å². The van der Waals surface area contributed by atoms with Crippen LogP contribution >= 0.6 is 0 Å². The summed E-state index contributed by atoms with van der Waals surface area (Å²) in [6, 6.07) is 10.2. The summed E-state index contributed by atoms with van der Waals surface area (Å²) >= 11 is 0. The number of hydrogen-bond donors (Lipinski definition) is 0. The van der Waals surface area contributed by atoms with Crippen LogP contribution in [-0.4, -0.2) is 25.6 Å². The van der Waals surface area contributed by atoms with Gasteiger partial charge in [0.05, 0.1) is 0 Å². The van der Waals surface area contributed by atoms with Gasteiger partial charge in [-0.3, -0.25) is 0 Å². The largest absolute Gasteiger partial charge is 0.490 e. The van der Waals surface area contributed by atoms with E-state index in [1.807, 2.05) is 45.1 Å². The Morgan fingerprint density at radius 3 is 2.18 bits per heavy atom. The first-order valence-corrected chi connectivity index (χ1v) is 8.88. The van der Waals surface area contributed by atoms with Gasteiger partial charge in [0.2, 0.25) is 0 Å². The number of ether oxygens (including phenoxy) is 1. The Morgan fingerprint density at radius 1 is 1.07 bits per heavy atom. The fraction of sp³-hybridized carbons (Fsp3) is 0.318. The van der Waals surface area contributed by atoms with Gasteiger partial charge in [0.25, 0.3) is 0 Å². The van der Waals surface area contributed by atoms with Crippen molar-refractivity contribution in [2.45, 2.75) is 33.4 Å². The van der Waals surface area contributed by atoms with Crippen molar-refractivity contribution in [2.24, 2.45) is 5.16 Å². The Hall–Kier alpha value is -2.76. The lowest BCUT2D eigenvalue weighted by Crippen LogP contribution is -2.24. The van der Waals surface area contributed by atoms with Crippen LogP contribution in [0.1, 0.15) is 34.7 Å². The van der Waals surface area contributed by atoms with Crippen LogP contribution in [0, 0.1) is 13.8 Å². The number of allylic oxidation sites excluding steroid dienone is 1. The summed E-state index contributed by atoms with van der Waals surface area (Å²) < 4.78 is 44.9. The van der Waals surface area contributed by atoms with Crippen LogP contribution in [-0.2, 0) is 11.3 Å². The normalized spacial score (nSPS) is 12.5. The number of hydrogen-bond acceptors (Lipinski definition) is 3. The zero-order valence-electron chi connectivity index (χ0n) is 16.4. The fourth-order valence-electron chi connectivity index (χ4n) is 2.90. The molecular formula is C22H24F3NO2. The maximum atomic E-state index is 13.1. The lowest BCUT2D eigenvalue weighted by molar-refractivity contribution is -0.0607. The van der Waals surface area contributed by atoms with E-state index in [-0.39, 0.29) is 5.56 Å². The van der Waals surface area contributed by atoms with Gasteiger partial charge in [-0.15, -0.1) is 0 Å².